The van der Waals surface area contributed by atoms with Crippen molar-refractivity contribution in [3.63, 3.8) is 0 Å². The van der Waals surface area contributed by atoms with Crippen LogP contribution in [0.25, 0.3) is 0 Å². The number of methoxy groups -OCH3 is 2. The van der Waals surface area contributed by atoms with Crippen molar-refractivity contribution in [3.05, 3.63) is 18.2 Å². The van der Waals surface area contributed by atoms with Crippen molar-refractivity contribution in [1.29, 1.82) is 0 Å². The number of anilines is 1. The van der Waals surface area contributed by atoms with Crippen LogP contribution in [0, 0.1) is 0 Å². The van der Waals surface area contributed by atoms with Gasteiger partial charge in [0.05, 0.1) is 13.3 Å². The van der Waals surface area contributed by atoms with E-state index in [1.165, 1.54) is 0 Å². The maximum Gasteiger partial charge on any atom is 0.163 e. The summed E-state index contributed by atoms with van der Waals surface area (Å²) in [6.07, 6.45) is 1.29. The van der Waals surface area contributed by atoms with Gasteiger partial charge in [-0.1, -0.05) is 0 Å². The molecule has 1 aromatic carbocycles. The summed E-state index contributed by atoms with van der Waals surface area (Å²) in [5, 5.41) is 16.6. The number of hydrogen-bond acceptors (Lipinski definition) is 8. The van der Waals surface area contributed by atoms with Crippen LogP contribution in [0.5, 0.6) is 11.5 Å². The molecule has 142 valence electrons. The highest BCUT2D eigenvalue weighted by atomic mass is 16.5. The van der Waals surface area contributed by atoms with Crippen LogP contribution >= 0.6 is 0 Å². The van der Waals surface area contributed by atoms with Gasteiger partial charge < -0.3 is 30.2 Å². The molecule has 0 amide bonds. The molecule has 1 aliphatic heterocycles. The normalized spacial score (nSPS) is 21.6. The average Bonchev–Trinajstić information content (AvgIpc) is 2.65. The first-order chi connectivity index (χ1) is 12.2. The van der Waals surface area contributed by atoms with Crippen LogP contribution in [0.1, 0.15) is 6.42 Å². The van der Waals surface area contributed by atoms with E-state index in [0.29, 0.717) is 18.1 Å². The van der Waals surface area contributed by atoms with Gasteiger partial charge in [0.1, 0.15) is 19.0 Å². The number of rotatable bonds is 10. The zero-order valence-electron chi connectivity index (χ0n) is 15.5. The van der Waals surface area contributed by atoms with Crippen molar-refractivity contribution in [3.8, 4) is 11.5 Å². The molecule has 0 spiro atoms. The Kier molecular flexibility index (Phi) is 8.23. The fraction of sp³-hybridized carbons (Fsp3) is 0.647. The van der Waals surface area contributed by atoms with Gasteiger partial charge in [-0.3, -0.25) is 10.6 Å². The molecule has 0 saturated carbocycles. The minimum absolute atomic E-state index is 0.0107. The van der Waals surface area contributed by atoms with Crippen molar-refractivity contribution in [1.82, 2.24) is 21.3 Å². The summed E-state index contributed by atoms with van der Waals surface area (Å²) >= 11 is 0. The van der Waals surface area contributed by atoms with E-state index in [1.54, 1.807) is 14.2 Å². The maximum absolute atomic E-state index is 5.92. The van der Waals surface area contributed by atoms with Gasteiger partial charge in [-0.2, -0.15) is 0 Å². The molecule has 1 fully saturated rings. The molecular weight excluding hydrogens is 322 g/mol. The maximum atomic E-state index is 5.92. The van der Waals surface area contributed by atoms with E-state index in [-0.39, 0.29) is 18.6 Å². The highest BCUT2D eigenvalue weighted by molar-refractivity contribution is 5.55. The number of nitrogens with one attached hydrogen (secondary N) is 5. The molecule has 0 aliphatic carbocycles. The fourth-order valence-corrected chi connectivity index (χ4v) is 2.70. The summed E-state index contributed by atoms with van der Waals surface area (Å²) in [4.78, 5) is 0. The second-order valence-electron chi connectivity index (χ2n) is 5.92. The van der Waals surface area contributed by atoms with Gasteiger partial charge >= 0.3 is 0 Å². The fourth-order valence-electron chi connectivity index (χ4n) is 2.70. The monoisotopic (exact) mass is 353 g/mol. The largest absolute Gasteiger partial charge is 0.493 e. The lowest BCUT2D eigenvalue weighted by Gasteiger charge is -2.33. The predicted molar refractivity (Wildman–Crippen MR) is 99.2 cm³/mol. The quantitative estimate of drug-likeness (QED) is 0.406. The van der Waals surface area contributed by atoms with Crippen molar-refractivity contribution in [2.75, 3.05) is 53.3 Å². The Bertz CT molecular complexity index is 517. The molecule has 0 radical (unpaired) electrons. The molecule has 2 unspecified atom stereocenters. The van der Waals surface area contributed by atoms with Crippen LogP contribution < -0.4 is 36.1 Å². The number of ether oxygens (including phenoxy) is 3. The van der Waals surface area contributed by atoms with Gasteiger partial charge in [0.15, 0.2) is 11.5 Å². The Labute approximate surface area is 150 Å². The minimum atomic E-state index is -0.0237. The predicted octanol–water partition coefficient (Wildman–Crippen LogP) is 0.132. The summed E-state index contributed by atoms with van der Waals surface area (Å²) in [5.74, 6) is 1.38. The van der Waals surface area contributed by atoms with E-state index in [1.807, 2.05) is 32.3 Å². The molecule has 1 aliphatic rings. The minimum Gasteiger partial charge on any atom is -0.493 e. The third-order valence-electron chi connectivity index (χ3n) is 4.16. The molecule has 1 saturated heterocycles. The topological polar surface area (TPSA) is 87.8 Å². The van der Waals surface area contributed by atoms with Crippen LogP contribution in [-0.4, -0.2) is 66.6 Å². The zero-order valence-corrected chi connectivity index (χ0v) is 15.5. The first-order valence-corrected chi connectivity index (χ1v) is 8.61. The van der Waals surface area contributed by atoms with Crippen LogP contribution in [-0.2, 0) is 4.74 Å². The Morgan fingerprint density at radius 2 is 2.08 bits per heavy atom. The molecule has 2 rings (SSSR count). The zero-order chi connectivity index (χ0) is 18.1. The molecule has 8 nitrogen and oxygen atoms in total. The van der Waals surface area contributed by atoms with Crippen LogP contribution in [0.3, 0.4) is 0 Å². The SMILES string of the molecule is CNC[C@@H](COc1cc(NC2NCCC(NC)N2)ccc1OC)OC. The summed E-state index contributed by atoms with van der Waals surface area (Å²) in [7, 11) is 7.16. The molecule has 1 aromatic rings. The second-order valence-corrected chi connectivity index (χ2v) is 5.92. The van der Waals surface area contributed by atoms with Crippen LogP contribution in [0.2, 0.25) is 0 Å². The summed E-state index contributed by atoms with van der Waals surface area (Å²) in [6, 6.07) is 5.81. The molecule has 0 bridgehead atoms. The first kappa shape index (κ1) is 19.7. The molecule has 3 atom stereocenters. The Balaban J connectivity index is 2.00. The standard InChI is InChI=1S/C17H31N5O3/c1-18-10-13(23-3)11-25-15-9-12(5-6-14(15)24-4)21-17-20-8-7-16(19-2)22-17/h5-6,9,13,16-22H,7-8,10-11H2,1-4H3/t13-,16?,17?/m0/s1. The lowest BCUT2D eigenvalue weighted by Crippen LogP contribution is -2.61. The summed E-state index contributed by atoms with van der Waals surface area (Å²) in [6.45, 7) is 2.10. The Morgan fingerprint density at radius 1 is 1.24 bits per heavy atom. The van der Waals surface area contributed by atoms with Crippen LogP contribution in [0.4, 0.5) is 5.69 Å². The van der Waals surface area contributed by atoms with E-state index in [9.17, 15) is 0 Å². The Morgan fingerprint density at radius 3 is 2.76 bits per heavy atom. The van der Waals surface area contributed by atoms with Crippen molar-refractivity contribution in [2.45, 2.75) is 25.0 Å². The molecule has 0 aromatic heterocycles. The van der Waals surface area contributed by atoms with Gasteiger partial charge in [-0.15, -0.1) is 0 Å². The van der Waals surface area contributed by atoms with E-state index in [2.05, 4.69) is 26.6 Å². The van der Waals surface area contributed by atoms with Gasteiger partial charge in [-0.25, -0.2) is 0 Å². The molecule has 8 heteroatoms. The van der Waals surface area contributed by atoms with Crippen molar-refractivity contribution >= 4 is 5.69 Å². The third kappa shape index (κ3) is 6.02. The van der Waals surface area contributed by atoms with E-state index >= 15 is 0 Å². The molecule has 1 heterocycles. The van der Waals surface area contributed by atoms with Gasteiger partial charge in [0.2, 0.25) is 0 Å². The Hall–Kier alpha value is -1.58. The molecular formula is C17H31N5O3. The van der Waals surface area contributed by atoms with Gasteiger partial charge in [-0.05, 0) is 32.6 Å². The second kappa shape index (κ2) is 10.4. The number of likely N-dealkylation sites (N-methyl/N-ethyl adjacent to an activating group) is 1. The highest BCUT2D eigenvalue weighted by Crippen LogP contribution is 2.30. The van der Waals surface area contributed by atoms with Gasteiger partial charge in [0.25, 0.3) is 0 Å². The highest BCUT2D eigenvalue weighted by Gasteiger charge is 2.19. The van der Waals surface area contributed by atoms with E-state index in [4.69, 9.17) is 14.2 Å². The first-order valence-electron chi connectivity index (χ1n) is 8.61. The number of hydrogen-bond donors (Lipinski definition) is 5. The van der Waals surface area contributed by atoms with Crippen molar-refractivity contribution in [2.24, 2.45) is 0 Å². The van der Waals surface area contributed by atoms with E-state index < -0.39 is 0 Å². The third-order valence-corrected chi connectivity index (χ3v) is 4.16. The average molecular weight is 353 g/mol. The van der Waals surface area contributed by atoms with Gasteiger partial charge in [0, 0.05) is 32.0 Å². The van der Waals surface area contributed by atoms with Crippen molar-refractivity contribution < 1.29 is 14.2 Å². The molecule has 25 heavy (non-hydrogen) atoms. The lowest BCUT2D eigenvalue weighted by molar-refractivity contribution is 0.0585. The summed E-state index contributed by atoms with van der Waals surface area (Å²) in [5.41, 5.74) is 0.945. The van der Waals surface area contributed by atoms with Crippen LogP contribution in [0.15, 0.2) is 18.2 Å². The summed E-state index contributed by atoms with van der Waals surface area (Å²) < 4.78 is 16.7. The van der Waals surface area contributed by atoms with E-state index in [0.717, 1.165) is 25.2 Å². The number of benzene rings is 1. The molecule has 5 N–H and O–H groups in total. The lowest BCUT2D eigenvalue weighted by atomic mass is 10.2. The smallest absolute Gasteiger partial charge is 0.163 e.